The highest BCUT2D eigenvalue weighted by molar-refractivity contribution is 5.93. The van der Waals surface area contributed by atoms with Crippen LogP contribution in [0.25, 0.3) is 44.7 Å². The van der Waals surface area contributed by atoms with Crippen LogP contribution in [0.1, 0.15) is 102 Å². The Morgan fingerprint density at radius 2 is 1.33 bits per heavy atom. The summed E-state index contributed by atoms with van der Waals surface area (Å²) in [5.74, 6) is 2.24. The molecule has 3 aliphatic heterocycles. The fourth-order valence-electron chi connectivity index (χ4n) is 9.92. The Morgan fingerprint density at radius 3 is 1.90 bits per heavy atom. The number of nitrogens with one attached hydrogen (secondary N) is 4. The molecule has 2 fully saturated rings. The highest BCUT2D eigenvalue weighted by Gasteiger charge is 2.39. The second kappa shape index (κ2) is 19.7. The van der Waals surface area contributed by atoms with Gasteiger partial charge < -0.3 is 53.9 Å². The van der Waals surface area contributed by atoms with Crippen molar-refractivity contribution in [2.24, 2.45) is 11.8 Å². The fraction of sp³-hybridized carbons (Fsp3) is 0.423. The Morgan fingerprint density at radius 1 is 0.754 bits per heavy atom. The van der Waals surface area contributed by atoms with Gasteiger partial charge in [0.15, 0.2) is 0 Å². The van der Waals surface area contributed by atoms with E-state index in [2.05, 4.69) is 74.6 Å². The van der Waals surface area contributed by atoms with E-state index in [9.17, 15) is 19.2 Å². The number of ether oxygens (including phenoxy) is 4. The van der Waals surface area contributed by atoms with Crippen molar-refractivity contribution in [1.82, 2.24) is 44.9 Å². The molecular weight excluding hydrogens is 879 g/mol. The van der Waals surface area contributed by atoms with Crippen molar-refractivity contribution in [2.45, 2.75) is 97.1 Å². The minimum Gasteiger partial charge on any atom is -0.494 e. The summed E-state index contributed by atoms with van der Waals surface area (Å²) < 4.78 is 25.0. The lowest BCUT2D eigenvalue weighted by Crippen LogP contribution is -2.51. The Balaban J connectivity index is 1.03. The third-order valence-electron chi connectivity index (χ3n) is 13.5. The van der Waals surface area contributed by atoms with Gasteiger partial charge in [0, 0.05) is 40.7 Å². The number of likely N-dealkylation sites (tertiary alicyclic amines) is 2. The summed E-state index contributed by atoms with van der Waals surface area (Å²) >= 11 is 0. The van der Waals surface area contributed by atoms with Gasteiger partial charge in [0.1, 0.15) is 35.2 Å². The second-order valence-electron chi connectivity index (χ2n) is 18.7. The monoisotopic (exact) mass is 939 g/mol. The van der Waals surface area contributed by atoms with Crippen molar-refractivity contribution in [1.29, 1.82) is 0 Å². The number of imidazole rings is 2. The third-order valence-corrected chi connectivity index (χ3v) is 13.5. The van der Waals surface area contributed by atoms with Crippen molar-refractivity contribution in [3.8, 4) is 45.3 Å². The first-order valence-electron chi connectivity index (χ1n) is 24.0. The predicted octanol–water partition coefficient (Wildman–Crippen LogP) is 8.90. The number of H-pyrrole nitrogens is 2. The molecule has 6 heterocycles. The number of aromatic amines is 2. The molecule has 17 heteroatoms. The van der Waals surface area contributed by atoms with Crippen LogP contribution in [0.5, 0.6) is 11.5 Å². The standard InChI is InChI=1S/C52H61N9O8/c1-8-22-68-35-13-9-12-33(24-35)50-61-39-19-17-31(37-27-53-46(55-37)40-14-10-20-59(40)48(62)44(29(2)3)57-51(64)66-6)23-34(39)25-42(61)36-18-16-32(26-43(36)69-50)38-28-54-47(56-38)41-15-11-21-60(41)49(63)45(30(4)5)58-52(65)67-7/h9,12-13,16-19,23-30,40-41,44-45,50H,8,10-11,14-15,20-22H2,1-7H3,(H,53,55)(H,54,56)(H,57,64)(H,58,65)/t40-,41-,44-,45-,50?/m0/s1. The molecule has 0 radical (unpaired) electrons. The zero-order valence-corrected chi connectivity index (χ0v) is 40.2. The molecule has 17 nitrogen and oxygen atoms in total. The molecule has 0 spiro atoms. The van der Waals surface area contributed by atoms with Gasteiger partial charge in [-0.1, -0.05) is 58.9 Å². The van der Waals surface area contributed by atoms with E-state index in [1.165, 1.54) is 14.2 Å². The minimum absolute atomic E-state index is 0.136. The first kappa shape index (κ1) is 46.8. The van der Waals surface area contributed by atoms with Crippen LogP contribution in [-0.4, -0.2) is 104 Å². The lowest BCUT2D eigenvalue weighted by atomic mass is 10.0. The SMILES string of the molecule is CCCOc1cccc(C2Oc3cc(-c4cnc([C@@H]5CCCN5C(=O)[C@@H](NC(=O)OC)C(C)C)[nH]4)ccc3-c3cc4cc(-c5cnc([C@@H]6CCCN6C(=O)[C@@H](NC(=O)OC)C(C)C)[nH]5)ccc4n32)c1. The van der Waals surface area contributed by atoms with E-state index in [1.54, 1.807) is 11.1 Å². The average Bonchev–Trinajstić information content (AvgIpc) is 4.22. The number of hydrogen-bond acceptors (Lipinski definition) is 10. The molecule has 6 aromatic rings. The Labute approximate surface area is 401 Å². The van der Waals surface area contributed by atoms with Crippen LogP contribution in [0.3, 0.4) is 0 Å². The molecule has 69 heavy (non-hydrogen) atoms. The Hall–Kier alpha value is -7.30. The van der Waals surface area contributed by atoms with Gasteiger partial charge in [-0.2, -0.15) is 0 Å². The number of alkyl carbamates (subject to hydrolysis) is 2. The van der Waals surface area contributed by atoms with Crippen LogP contribution in [0, 0.1) is 11.8 Å². The van der Waals surface area contributed by atoms with Gasteiger partial charge in [-0.15, -0.1) is 0 Å². The van der Waals surface area contributed by atoms with Gasteiger partial charge in [-0.05, 0) is 86.4 Å². The molecule has 9 rings (SSSR count). The summed E-state index contributed by atoms with van der Waals surface area (Å²) in [6.07, 6.45) is 5.80. The summed E-state index contributed by atoms with van der Waals surface area (Å²) in [6.45, 7) is 11.4. The number of hydrogen-bond donors (Lipinski definition) is 4. The van der Waals surface area contributed by atoms with Crippen LogP contribution >= 0.6 is 0 Å². The molecular formula is C52H61N9O8. The third kappa shape index (κ3) is 9.21. The molecule has 3 aromatic heterocycles. The van der Waals surface area contributed by atoms with Gasteiger partial charge in [0.25, 0.3) is 0 Å². The summed E-state index contributed by atoms with van der Waals surface area (Å²) in [4.78, 5) is 72.2. The van der Waals surface area contributed by atoms with Crippen molar-refractivity contribution in [3.05, 3.63) is 96.3 Å². The number of nitrogens with zero attached hydrogens (tertiary/aromatic N) is 5. The predicted molar refractivity (Wildman–Crippen MR) is 259 cm³/mol. The van der Waals surface area contributed by atoms with E-state index in [0.717, 1.165) is 88.1 Å². The van der Waals surface area contributed by atoms with Crippen molar-refractivity contribution in [2.75, 3.05) is 33.9 Å². The molecule has 0 saturated carbocycles. The van der Waals surface area contributed by atoms with E-state index in [0.29, 0.717) is 37.1 Å². The first-order valence-corrected chi connectivity index (χ1v) is 24.0. The molecule has 3 aromatic carbocycles. The summed E-state index contributed by atoms with van der Waals surface area (Å²) in [5.41, 5.74) is 7.23. The Bertz CT molecular complexity index is 2860. The van der Waals surface area contributed by atoms with Crippen molar-refractivity contribution >= 4 is 34.9 Å². The number of carbonyl (C=O) groups excluding carboxylic acids is 4. The molecule has 5 atom stereocenters. The minimum atomic E-state index is -0.730. The lowest BCUT2D eigenvalue weighted by molar-refractivity contribution is -0.136. The molecule has 362 valence electrons. The topological polar surface area (TPSA) is 198 Å². The molecule has 2 saturated heterocycles. The molecule has 0 bridgehead atoms. The molecule has 4 N–H and O–H groups in total. The number of aromatic nitrogens is 5. The molecule has 3 aliphatic rings. The number of benzene rings is 3. The zero-order valence-electron chi connectivity index (χ0n) is 40.2. The molecule has 4 amide bonds. The summed E-state index contributed by atoms with van der Waals surface area (Å²) in [6, 6.07) is 20.7. The van der Waals surface area contributed by atoms with Crippen molar-refractivity contribution < 1.29 is 38.1 Å². The maximum atomic E-state index is 13.8. The van der Waals surface area contributed by atoms with E-state index in [-0.39, 0.29) is 35.7 Å². The highest BCUT2D eigenvalue weighted by Crippen LogP contribution is 2.47. The Kier molecular flexibility index (Phi) is 13.4. The summed E-state index contributed by atoms with van der Waals surface area (Å²) in [5, 5.41) is 6.45. The van der Waals surface area contributed by atoms with Crippen molar-refractivity contribution in [3.63, 3.8) is 0 Å². The second-order valence-corrected chi connectivity index (χ2v) is 18.7. The van der Waals surface area contributed by atoms with Gasteiger partial charge in [-0.3, -0.25) is 9.59 Å². The quantitative estimate of drug-likeness (QED) is 0.0818. The smallest absolute Gasteiger partial charge is 0.407 e. The maximum absolute atomic E-state index is 13.8. The number of amides is 4. The van der Waals surface area contributed by atoms with E-state index >= 15 is 0 Å². The van der Waals surface area contributed by atoms with Gasteiger partial charge in [-0.25, -0.2) is 19.6 Å². The van der Waals surface area contributed by atoms with Crippen LogP contribution in [0.15, 0.2) is 79.1 Å². The van der Waals surface area contributed by atoms with Gasteiger partial charge in [0.2, 0.25) is 18.0 Å². The van der Waals surface area contributed by atoms with Crippen LogP contribution in [-0.2, 0) is 19.1 Å². The van der Waals surface area contributed by atoms with Crippen LogP contribution in [0.4, 0.5) is 9.59 Å². The van der Waals surface area contributed by atoms with Gasteiger partial charge in [0.05, 0.1) is 67.9 Å². The highest BCUT2D eigenvalue weighted by atomic mass is 16.5. The lowest BCUT2D eigenvalue weighted by Gasteiger charge is -2.31. The zero-order chi connectivity index (χ0) is 48.5. The molecule has 1 unspecified atom stereocenters. The summed E-state index contributed by atoms with van der Waals surface area (Å²) in [7, 11) is 2.58. The number of carbonyl (C=O) groups is 4. The van der Waals surface area contributed by atoms with Crippen LogP contribution < -0.4 is 20.1 Å². The first-order chi connectivity index (χ1) is 33.4. The number of rotatable bonds is 14. The average molecular weight is 940 g/mol. The largest absolute Gasteiger partial charge is 0.494 e. The van der Waals surface area contributed by atoms with Gasteiger partial charge >= 0.3 is 12.2 Å². The number of fused-ring (bicyclic) bond motifs is 5. The van der Waals surface area contributed by atoms with E-state index < -0.39 is 30.5 Å². The van der Waals surface area contributed by atoms with E-state index in [1.807, 2.05) is 63.1 Å². The number of methoxy groups -OCH3 is 2. The fourth-order valence-corrected chi connectivity index (χ4v) is 9.92. The maximum Gasteiger partial charge on any atom is 0.407 e. The molecule has 0 aliphatic carbocycles. The van der Waals surface area contributed by atoms with Crippen LogP contribution in [0.2, 0.25) is 0 Å². The van der Waals surface area contributed by atoms with E-state index in [4.69, 9.17) is 28.9 Å². The normalized spacial score (nSPS) is 18.4.